The zero-order valence-electron chi connectivity index (χ0n) is 18.1. The molecule has 168 valence electrons. The summed E-state index contributed by atoms with van der Waals surface area (Å²) in [6.45, 7) is 4.10. The van der Waals surface area contributed by atoms with Crippen molar-refractivity contribution in [2.24, 2.45) is 11.5 Å². The fourth-order valence-electron chi connectivity index (χ4n) is 4.08. The highest BCUT2D eigenvalue weighted by atomic mass is 19.3. The zero-order chi connectivity index (χ0) is 22.4. The van der Waals surface area contributed by atoms with Crippen LogP contribution in [0.15, 0.2) is 53.8 Å². The minimum absolute atomic E-state index is 0.00202. The zero-order valence-corrected chi connectivity index (χ0v) is 18.1. The molecule has 0 unspecified atom stereocenters. The molecular formula is C23H32F2N6. The van der Waals surface area contributed by atoms with Gasteiger partial charge in [-0.15, -0.1) is 0 Å². The number of dihydropyridines is 1. The second-order valence-electron chi connectivity index (χ2n) is 7.46. The van der Waals surface area contributed by atoms with Gasteiger partial charge in [0.1, 0.15) is 0 Å². The summed E-state index contributed by atoms with van der Waals surface area (Å²) in [6.07, 6.45) is 6.70. The maximum Gasteiger partial charge on any atom is 0.264 e. The lowest BCUT2D eigenvalue weighted by Crippen LogP contribution is -2.31. The third-order valence-electron chi connectivity index (χ3n) is 5.51. The molecule has 0 saturated heterocycles. The highest BCUT2D eigenvalue weighted by Crippen LogP contribution is 2.38. The highest BCUT2D eigenvalue weighted by Gasteiger charge is 2.25. The summed E-state index contributed by atoms with van der Waals surface area (Å²) < 4.78 is 28.1. The molecule has 0 amide bonds. The molecule has 0 spiro atoms. The van der Waals surface area contributed by atoms with Gasteiger partial charge in [0.25, 0.3) is 6.43 Å². The van der Waals surface area contributed by atoms with Gasteiger partial charge in [-0.1, -0.05) is 0 Å². The van der Waals surface area contributed by atoms with E-state index in [1.807, 2.05) is 31.3 Å². The number of likely N-dealkylation sites (N-methyl/N-ethyl adjacent to an activating group) is 1. The smallest absolute Gasteiger partial charge is 0.264 e. The van der Waals surface area contributed by atoms with Crippen LogP contribution in [0.4, 0.5) is 14.5 Å². The van der Waals surface area contributed by atoms with Gasteiger partial charge in [-0.05, 0) is 60.8 Å². The second kappa shape index (κ2) is 10.5. The molecule has 2 heterocycles. The first-order chi connectivity index (χ1) is 15.0. The van der Waals surface area contributed by atoms with E-state index in [9.17, 15) is 8.78 Å². The molecule has 0 fully saturated rings. The lowest BCUT2D eigenvalue weighted by Gasteiger charge is -2.34. The Balaban J connectivity index is 2.08. The summed E-state index contributed by atoms with van der Waals surface area (Å²) in [5.41, 5.74) is 17.5. The average Bonchev–Trinajstić information content (AvgIpc) is 2.79. The molecule has 2 aliphatic heterocycles. The second-order valence-corrected chi connectivity index (χ2v) is 7.46. The molecule has 0 aromatic heterocycles. The lowest BCUT2D eigenvalue weighted by molar-refractivity contribution is 0.151. The number of fused-ring (bicyclic) bond motifs is 1. The van der Waals surface area contributed by atoms with Crippen LogP contribution in [-0.2, 0) is 6.42 Å². The molecule has 0 saturated carbocycles. The molecule has 7 N–H and O–H groups in total. The molecule has 0 bridgehead atoms. The summed E-state index contributed by atoms with van der Waals surface area (Å²) in [4.78, 5) is 2.11. The minimum Gasteiger partial charge on any atom is -0.394 e. The van der Waals surface area contributed by atoms with Crippen LogP contribution in [0.25, 0.3) is 5.57 Å². The molecule has 0 aliphatic carbocycles. The topological polar surface area (TPSA) is 91.4 Å². The highest BCUT2D eigenvalue weighted by molar-refractivity contribution is 5.75. The largest absolute Gasteiger partial charge is 0.394 e. The molecule has 1 aromatic rings. The monoisotopic (exact) mass is 430 g/mol. The Morgan fingerprint density at radius 1 is 1.29 bits per heavy atom. The van der Waals surface area contributed by atoms with E-state index in [0.717, 1.165) is 54.3 Å². The van der Waals surface area contributed by atoms with Crippen LogP contribution < -0.4 is 32.3 Å². The summed E-state index contributed by atoms with van der Waals surface area (Å²) in [6, 6.07) is 3.51. The van der Waals surface area contributed by atoms with Crippen molar-refractivity contribution < 1.29 is 8.78 Å². The third kappa shape index (κ3) is 4.91. The average molecular weight is 431 g/mol. The van der Waals surface area contributed by atoms with E-state index in [4.69, 9.17) is 11.5 Å². The van der Waals surface area contributed by atoms with Crippen LogP contribution in [0, 0.1) is 0 Å². The number of nitrogens with two attached hydrogens (primary N) is 2. The van der Waals surface area contributed by atoms with E-state index in [1.54, 1.807) is 19.3 Å². The van der Waals surface area contributed by atoms with E-state index in [0.29, 0.717) is 17.7 Å². The van der Waals surface area contributed by atoms with E-state index in [1.165, 1.54) is 0 Å². The number of halogens is 2. The molecule has 8 heteroatoms. The van der Waals surface area contributed by atoms with Crippen molar-refractivity contribution in [3.8, 4) is 0 Å². The van der Waals surface area contributed by atoms with Crippen LogP contribution in [0.5, 0.6) is 0 Å². The van der Waals surface area contributed by atoms with E-state index in [-0.39, 0.29) is 12.1 Å². The maximum absolute atomic E-state index is 14.0. The number of hydrogen-bond acceptors (Lipinski definition) is 6. The number of nitrogens with one attached hydrogen (secondary N) is 3. The Bertz CT molecular complexity index is 917. The number of aryl methyl sites for hydroxylation is 1. The van der Waals surface area contributed by atoms with Crippen LogP contribution in [0.1, 0.15) is 36.5 Å². The van der Waals surface area contributed by atoms with E-state index in [2.05, 4.69) is 20.9 Å². The molecule has 3 rings (SSSR count). The predicted molar refractivity (Wildman–Crippen MR) is 123 cm³/mol. The Morgan fingerprint density at radius 3 is 2.74 bits per heavy atom. The first-order valence-electron chi connectivity index (χ1n) is 10.6. The molecule has 2 aliphatic rings. The summed E-state index contributed by atoms with van der Waals surface area (Å²) in [5.74, 6) is 0. The molecule has 6 nitrogen and oxygen atoms in total. The van der Waals surface area contributed by atoms with Gasteiger partial charge in [0.05, 0.1) is 5.70 Å². The Hall–Kier alpha value is -2.84. The molecular weight excluding hydrogens is 398 g/mol. The number of anilines is 1. The number of hydrogen-bond donors (Lipinski definition) is 5. The van der Waals surface area contributed by atoms with Gasteiger partial charge in [-0.3, -0.25) is 0 Å². The number of nitrogens with zero attached hydrogens (tertiary/aromatic N) is 1. The van der Waals surface area contributed by atoms with E-state index >= 15 is 0 Å². The first kappa shape index (κ1) is 22.8. The quantitative estimate of drug-likeness (QED) is 0.436. The SMILES string of the molecule is CCN/C(CN)=C1\C=C(N2CCCc3cc(/C(=C/NC)CN)c(C(F)F)cc32)C=CN1. The van der Waals surface area contributed by atoms with Gasteiger partial charge < -0.3 is 32.3 Å². The van der Waals surface area contributed by atoms with Crippen LogP contribution in [-0.4, -0.2) is 33.2 Å². The van der Waals surface area contributed by atoms with Gasteiger partial charge in [-0.25, -0.2) is 8.78 Å². The lowest BCUT2D eigenvalue weighted by atomic mass is 9.91. The molecule has 1 aromatic carbocycles. The number of allylic oxidation sites excluding steroid dienone is 2. The van der Waals surface area contributed by atoms with Crippen molar-refractivity contribution in [2.45, 2.75) is 26.2 Å². The van der Waals surface area contributed by atoms with Crippen LogP contribution >= 0.6 is 0 Å². The van der Waals surface area contributed by atoms with Gasteiger partial charge in [-0.2, -0.15) is 0 Å². The normalized spacial score (nSPS) is 17.8. The standard InChI is InChI=1S/C23H32F2N6/c1-3-29-21(13-27)20-10-17(6-7-30-20)31-8-4-5-15-9-18(16(12-26)14-28-2)19(23(24)25)11-22(15)31/h6-7,9-11,14,23,28-30H,3-5,8,12-13,26-27H2,1-2H3/b16-14+,21-20+. The third-order valence-corrected chi connectivity index (χ3v) is 5.51. The van der Waals surface area contributed by atoms with Crippen molar-refractivity contribution >= 4 is 11.3 Å². The van der Waals surface area contributed by atoms with Crippen LogP contribution in [0.3, 0.4) is 0 Å². The van der Waals surface area contributed by atoms with Crippen molar-refractivity contribution in [3.63, 3.8) is 0 Å². The predicted octanol–water partition coefficient (Wildman–Crippen LogP) is 2.68. The van der Waals surface area contributed by atoms with E-state index < -0.39 is 6.43 Å². The number of alkyl halides is 2. The summed E-state index contributed by atoms with van der Waals surface area (Å²) >= 11 is 0. The van der Waals surface area contributed by atoms with Crippen LogP contribution in [0.2, 0.25) is 0 Å². The van der Waals surface area contributed by atoms with Gasteiger partial charge in [0.15, 0.2) is 0 Å². The Morgan fingerprint density at radius 2 is 2.10 bits per heavy atom. The summed E-state index contributed by atoms with van der Waals surface area (Å²) in [7, 11) is 1.74. The Labute approximate surface area is 182 Å². The van der Waals surface area contributed by atoms with Gasteiger partial charge in [0, 0.05) is 68.3 Å². The fraction of sp³-hybridized carbons (Fsp3) is 0.391. The Kier molecular flexibility index (Phi) is 7.70. The van der Waals surface area contributed by atoms with Gasteiger partial charge >= 0.3 is 0 Å². The number of benzene rings is 1. The first-order valence-corrected chi connectivity index (χ1v) is 10.6. The molecule has 0 radical (unpaired) electrons. The van der Waals surface area contributed by atoms with Crippen molar-refractivity contribution in [1.82, 2.24) is 16.0 Å². The van der Waals surface area contributed by atoms with Gasteiger partial charge in [0.2, 0.25) is 0 Å². The maximum atomic E-state index is 14.0. The van der Waals surface area contributed by atoms with Crippen molar-refractivity contribution in [2.75, 3.05) is 38.1 Å². The van der Waals surface area contributed by atoms with Crippen molar-refractivity contribution in [1.29, 1.82) is 0 Å². The summed E-state index contributed by atoms with van der Waals surface area (Å²) in [5, 5.41) is 9.42. The minimum atomic E-state index is -2.60. The molecule has 31 heavy (non-hydrogen) atoms. The van der Waals surface area contributed by atoms with Crippen molar-refractivity contribution in [3.05, 3.63) is 70.5 Å². The fourth-order valence-corrected chi connectivity index (χ4v) is 4.08. The molecule has 0 atom stereocenters. The number of rotatable bonds is 8.